The van der Waals surface area contributed by atoms with Crippen molar-refractivity contribution < 1.29 is 39.5 Å². The van der Waals surface area contributed by atoms with Crippen molar-refractivity contribution in [2.75, 3.05) is 21.3 Å². The van der Waals surface area contributed by atoms with Crippen LogP contribution in [0.3, 0.4) is 0 Å². The summed E-state index contributed by atoms with van der Waals surface area (Å²) in [5.41, 5.74) is 0.647. The first-order valence-electron chi connectivity index (χ1n) is 9.62. The minimum atomic E-state index is -0.554. The number of Topliss-reactive ketones (excluding diaryl/α,β-unsaturated/α-hetero) is 1. The van der Waals surface area contributed by atoms with E-state index in [0.717, 1.165) is 14.2 Å². The second-order valence-electron chi connectivity index (χ2n) is 7.00. The van der Waals surface area contributed by atoms with Gasteiger partial charge in [0.1, 0.15) is 23.0 Å². The van der Waals surface area contributed by atoms with Crippen molar-refractivity contribution in [3.05, 3.63) is 51.6 Å². The Balaban J connectivity index is 0.000000807. The first-order chi connectivity index (χ1) is 14.9. The number of hydrogen-bond donors (Lipinski definition) is 4. The predicted molar refractivity (Wildman–Crippen MR) is 112 cm³/mol. The molecule has 1 atom stereocenters. The van der Waals surface area contributed by atoms with Crippen molar-refractivity contribution in [2.45, 2.75) is 26.2 Å². The summed E-state index contributed by atoms with van der Waals surface area (Å²) in [5, 5.41) is 35.6. The van der Waals surface area contributed by atoms with Crippen LogP contribution in [0.2, 0.25) is 0 Å². The first-order valence-corrected chi connectivity index (χ1v) is 9.62. The van der Waals surface area contributed by atoms with Gasteiger partial charge in [-0.2, -0.15) is 0 Å². The highest BCUT2D eigenvalue weighted by molar-refractivity contribution is 6.31. The molecule has 0 radical (unpaired) electrons. The Morgan fingerprint density at radius 3 is 2.10 bits per heavy atom. The number of phenolic OH excluding ortho intramolecular Hbond substituents is 2. The average Bonchev–Trinajstić information content (AvgIpc) is 2.81. The van der Waals surface area contributed by atoms with Gasteiger partial charge in [0, 0.05) is 36.8 Å². The van der Waals surface area contributed by atoms with Crippen LogP contribution in [-0.2, 0) is 17.6 Å². The Morgan fingerprint density at radius 1 is 0.935 bits per heavy atom. The van der Waals surface area contributed by atoms with E-state index < -0.39 is 11.6 Å². The van der Waals surface area contributed by atoms with Gasteiger partial charge < -0.3 is 25.2 Å². The van der Waals surface area contributed by atoms with Crippen LogP contribution in [0.4, 0.5) is 0 Å². The molecule has 31 heavy (non-hydrogen) atoms. The maximum atomic E-state index is 13.1. The number of aliphatic hydroxyl groups is 2. The van der Waals surface area contributed by atoms with Crippen LogP contribution in [0.25, 0.3) is 0 Å². The van der Waals surface area contributed by atoms with E-state index in [4.69, 9.17) is 14.9 Å². The summed E-state index contributed by atoms with van der Waals surface area (Å²) in [7, 11) is 3.40. The van der Waals surface area contributed by atoms with Gasteiger partial charge in [-0.3, -0.25) is 14.4 Å². The zero-order valence-corrected chi connectivity index (χ0v) is 17.9. The van der Waals surface area contributed by atoms with E-state index in [1.807, 2.05) is 0 Å². The van der Waals surface area contributed by atoms with E-state index in [-0.39, 0.29) is 57.6 Å². The molecule has 0 amide bonds. The predicted octanol–water partition coefficient (Wildman–Crippen LogP) is 1.79. The number of rotatable bonds is 2. The van der Waals surface area contributed by atoms with Gasteiger partial charge in [-0.1, -0.05) is 12.1 Å². The SMILES string of the molecule is CO.CO.COc1cccc2c1C(=O)c1c(O)c3c(c(O)c1C2=O)CC(C(C)=O)CC3. The molecule has 0 bridgehead atoms. The van der Waals surface area contributed by atoms with Gasteiger partial charge in [0.05, 0.1) is 23.8 Å². The van der Waals surface area contributed by atoms with Crippen LogP contribution in [0.1, 0.15) is 56.3 Å². The third-order valence-electron chi connectivity index (χ3n) is 5.60. The van der Waals surface area contributed by atoms with Gasteiger partial charge in [0.25, 0.3) is 0 Å². The van der Waals surface area contributed by atoms with Crippen molar-refractivity contribution >= 4 is 17.3 Å². The van der Waals surface area contributed by atoms with Gasteiger partial charge in [-0.15, -0.1) is 0 Å². The van der Waals surface area contributed by atoms with Gasteiger partial charge in [-0.25, -0.2) is 0 Å². The lowest BCUT2D eigenvalue weighted by atomic mass is 9.75. The highest BCUT2D eigenvalue weighted by Crippen LogP contribution is 2.47. The lowest BCUT2D eigenvalue weighted by Crippen LogP contribution is -2.26. The van der Waals surface area contributed by atoms with Crippen LogP contribution in [-0.4, -0.2) is 59.1 Å². The van der Waals surface area contributed by atoms with Gasteiger partial charge >= 0.3 is 0 Å². The molecular weight excluding hydrogens is 404 g/mol. The maximum absolute atomic E-state index is 13.1. The summed E-state index contributed by atoms with van der Waals surface area (Å²) in [6, 6.07) is 4.66. The van der Waals surface area contributed by atoms with Gasteiger partial charge in [-0.05, 0) is 32.3 Å². The summed E-state index contributed by atoms with van der Waals surface area (Å²) in [4.78, 5) is 37.9. The van der Waals surface area contributed by atoms with Gasteiger partial charge in [0.15, 0.2) is 5.78 Å². The molecule has 0 saturated carbocycles. The normalized spacial score (nSPS) is 15.9. The molecular formula is C23H26O8. The molecule has 1 unspecified atom stereocenters. The Morgan fingerprint density at radius 2 is 1.52 bits per heavy atom. The number of phenols is 2. The minimum Gasteiger partial charge on any atom is -0.507 e. The Bertz CT molecular complexity index is 1040. The molecule has 0 saturated heterocycles. The van der Waals surface area contributed by atoms with E-state index >= 15 is 0 Å². The molecule has 8 nitrogen and oxygen atoms in total. The van der Waals surface area contributed by atoms with Crippen molar-refractivity contribution in [2.24, 2.45) is 5.92 Å². The van der Waals surface area contributed by atoms with E-state index in [2.05, 4.69) is 0 Å². The summed E-state index contributed by atoms with van der Waals surface area (Å²) in [5.74, 6) is -1.73. The fourth-order valence-corrected chi connectivity index (χ4v) is 4.15. The molecule has 0 aromatic heterocycles. The number of ether oxygens (including phenoxy) is 1. The number of aromatic hydroxyl groups is 2. The number of carbonyl (C=O) groups excluding carboxylic acids is 3. The topological polar surface area (TPSA) is 141 Å². The highest BCUT2D eigenvalue weighted by atomic mass is 16.5. The largest absolute Gasteiger partial charge is 0.507 e. The summed E-state index contributed by atoms with van der Waals surface area (Å²) >= 11 is 0. The zero-order valence-electron chi connectivity index (χ0n) is 17.9. The quantitative estimate of drug-likeness (QED) is 0.451. The molecule has 2 aliphatic carbocycles. The Kier molecular flexibility index (Phi) is 7.54. The first kappa shape index (κ1) is 24.0. The van der Waals surface area contributed by atoms with E-state index in [0.29, 0.717) is 24.0 Å². The standard InChI is InChI=1S/C21H18O6.2CH4O/c1-9(22)10-6-7-11-13(8-10)20(25)16-17(18(11)23)21(26)15-12(19(16)24)4-3-5-14(15)27-2;2*1-2/h3-5,10,23,25H,6-8H2,1-2H3;2*2H,1H3. The van der Waals surface area contributed by atoms with E-state index in [1.54, 1.807) is 12.1 Å². The molecule has 4 rings (SSSR count). The van der Waals surface area contributed by atoms with Crippen LogP contribution in [0.15, 0.2) is 18.2 Å². The van der Waals surface area contributed by atoms with Crippen LogP contribution in [0.5, 0.6) is 17.2 Å². The van der Waals surface area contributed by atoms with Crippen molar-refractivity contribution in [3.8, 4) is 17.2 Å². The minimum absolute atomic E-state index is 0.00487. The number of carbonyl (C=O) groups is 3. The summed E-state index contributed by atoms with van der Waals surface area (Å²) in [6.07, 6.45) is 1.12. The van der Waals surface area contributed by atoms with Gasteiger partial charge in [0.2, 0.25) is 5.78 Å². The molecule has 0 heterocycles. The van der Waals surface area contributed by atoms with Crippen LogP contribution in [0, 0.1) is 5.92 Å². The van der Waals surface area contributed by atoms with Crippen molar-refractivity contribution in [1.29, 1.82) is 0 Å². The zero-order chi connectivity index (χ0) is 23.5. The number of methoxy groups -OCH3 is 1. The summed E-state index contributed by atoms with van der Waals surface area (Å²) < 4.78 is 5.21. The van der Waals surface area contributed by atoms with Crippen molar-refractivity contribution in [1.82, 2.24) is 0 Å². The second kappa shape index (κ2) is 9.72. The molecule has 166 valence electrons. The number of hydrogen-bond acceptors (Lipinski definition) is 8. The lowest BCUT2D eigenvalue weighted by molar-refractivity contribution is -0.121. The smallest absolute Gasteiger partial charge is 0.202 e. The third-order valence-corrected chi connectivity index (χ3v) is 5.60. The maximum Gasteiger partial charge on any atom is 0.202 e. The lowest BCUT2D eigenvalue weighted by Gasteiger charge is -2.29. The fourth-order valence-electron chi connectivity index (χ4n) is 4.15. The second-order valence-corrected chi connectivity index (χ2v) is 7.00. The number of fused-ring (bicyclic) bond motifs is 3. The molecule has 4 N–H and O–H groups in total. The van der Waals surface area contributed by atoms with E-state index in [1.165, 1.54) is 20.1 Å². The highest BCUT2D eigenvalue weighted by Gasteiger charge is 2.40. The van der Waals surface area contributed by atoms with E-state index in [9.17, 15) is 24.6 Å². The average molecular weight is 430 g/mol. The van der Waals surface area contributed by atoms with Crippen molar-refractivity contribution in [3.63, 3.8) is 0 Å². The number of benzene rings is 2. The molecule has 0 aliphatic heterocycles. The molecule has 8 heteroatoms. The Hall–Kier alpha value is -3.23. The molecule has 2 aromatic carbocycles. The molecule has 0 spiro atoms. The third kappa shape index (κ3) is 3.80. The fraction of sp³-hybridized carbons (Fsp3) is 0.348. The number of ketones is 3. The van der Waals surface area contributed by atoms with Crippen LogP contribution < -0.4 is 4.74 Å². The summed E-state index contributed by atoms with van der Waals surface area (Å²) in [6.45, 7) is 1.49. The number of aliphatic hydroxyl groups excluding tert-OH is 2. The monoisotopic (exact) mass is 430 g/mol. The molecule has 0 fully saturated rings. The molecule has 2 aliphatic rings. The Labute approximate surface area is 179 Å². The van der Waals surface area contributed by atoms with Crippen LogP contribution >= 0.6 is 0 Å². The molecule has 2 aromatic rings.